The standard InChI is InChI=1S/C16H32O4Si2/c1-9-15(21(3,4)5)19-13(17)11-12-14(18)20-16(10-2)22(6,7)8/h11-12,15-16H,9-10H2,1-8H3/b12-11+. The van der Waals surface area contributed by atoms with E-state index in [4.69, 9.17) is 9.47 Å². The average Bonchev–Trinajstić information content (AvgIpc) is 2.36. The topological polar surface area (TPSA) is 52.6 Å². The predicted octanol–water partition coefficient (Wildman–Crippen LogP) is 3.94. The van der Waals surface area contributed by atoms with E-state index in [1.165, 1.54) is 12.2 Å². The van der Waals surface area contributed by atoms with E-state index in [1.807, 2.05) is 13.8 Å². The molecule has 2 unspecified atom stereocenters. The van der Waals surface area contributed by atoms with E-state index in [1.54, 1.807) is 0 Å². The van der Waals surface area contributed by atoms with Crippen LogP contribution in [-0.2, 0) is 19.1 Å². The Hall–Kier alpha value is -0.886. The van der Waals surface area contributed by atoms with Crippen LogP contribution in [-0.4, -0.2) is 39.5 Å². The van der Waals surface area contributed by atoms with E-state index >= 15 is 0 Å². The van der Waals surface area contributed by atoms with Crippen molar-refractivity contribution in [1.82, 2.24) is 0 Å². The number of ether oxygens (including phenoxy) is 2. The fraction of sp³-hybridized carbons (Fsp3) is 0.750. The summed E-state index contributed by atoms with van der Waals surface area (Å²) < 4.78 is 10.9. The van der Waals surface area contributed by atoms with Crippen LogP contribution in [0.5, 0.6) is 0 Å². The molecular formula is C16H32O4Si2. The monoisotopic (exact) mass is 344 g/mol. The van der Waals surface area contributed by atoms with Gasteiger partial charge in [0.1, 0.15) is 0 Å². The van der Waals surface area contributed by atoms with Crippen molar-refractivity contribution < 1.29 is 19.1 Å². The van der Waals surface area contributed by atoms with Gasteiger partial charge in [-0.3, -0.25) is 0 Å². The summed E-state index contributed by atoms with van der Waals surface area (Å²) in [4.78, 5) is 23.7. The first kappa shape index (κ1) is 21.1. The van der Waals surface area contributed by atoms with Gasteiger partial charge >= 0.3 is 11.9 Å². The molecule has 0 fully saturated rings. The second-order valence-electron chi connectivity index (χ2n) is 7.73. The van der Waals surface area contributed by atoms with Gasteiger partial charge in [0.15, 0.2) is 0 Å². The lowest BCUT2D eigenvalue weighted by Crippen LogP contribution is -2.41. The number of rotatable bonds is 8. The maximum atomic E-state index is 11.8. The third kappa shape index (κ3) is 7.93. The Labute approximate surface area is 137 Å². The highest BCUT2D eigenvalue weighted by atomic mass is 28.3. The molecule has 0 aromatic heterocycles. The molecule has 0 aliphatic rings. The Bertz CT molecular complexity index is 367. The quantitative estimate of drug-likeness (QED) is 0.380. The molecule has 0 saturated heterocycles. The summed E-state index contributed by atoms with van der Waals surface area (Å²) in [6.45, 7) is 17.0. The van der Waals surface area contributed by atoms with Crippen LogP contribution in [0.15, 0.2) is 12.2 Å². The zero-order chi connectivity index (χ0) is 17.6. The fourth-order valence-electron chi connectivity index (χ4n) is 2.24. The van der Waals surface area contributed by atoms with Gasteiger partial charge in [0, 0.05) is 12.2 Å². The molecule has 4 nitrogen and oxygen atoms in total. The van der Waals surface area contributed by atoms with E-state index in [2.05, 4.69) is 39.3 Å². The van der Waals surface area contributed by atoms with Gasteiger partial charge in [0.25, 0.3) is 0 Å². The molecule has 0 heterocycles. The molecule has 0 N–H and O–H groups in total. The molecule has 0 aromatic rings. The van der Waals surface area contributed by atoms with Crippen molar-refractivity contribution in [2.45, 2.75) is 77.4 Å². The first-order valence-electron chi connectivity index (χ1n) is 8.01. The van der Waals surface area contributed by atoms with Crippen LogP contribution in [0.4, 0.5) is 0 Å². The van der Waals surface area contributed by atoms with Gasteiger partial charge in [-0.05, 0) is 12.8 Å². The van der Waals surface area contributed by atoms with Crippen molar-refractivity contribution in [1.29, 1.82) is 0 Å². The molecule has 128 valence electrons. The van der Waals surface area contributed by atoms with Crippen molar-refractivity contribution in [2.24, 2.45) is 0 Å². The van der Waals surface area contributed by atoms with Crippen molar-refractivity contribution in [3.8, 4) is 0 Å². The van der Waals surface area contributed by atoms with E-state index in [-0.39, 0.29) is 11.5 Å². The summed E-state index contributed by atoms with van der Waals surface area (Å²) in [5, 5.41) is 0. The molecule has 22 heavy (non-hydrogen) atoms. The van der Waals surface area contributed by atoms with E-state index in [0.29, 0.717) is 0 Å². The smallest absolute Gasteiger partial charge is 0.330 e. The first-order chi connectivity index (χ1) is 9.91. The van der Waals surface area contributed by atoms with Crippen LogP contribution in [0.2, 0.25) is 39.3 Å². The third-order valence-electron chi connectivity index (χ3n) is 3.55. The molecule has 0 rings (SSSR count). The molecule has 0 saturated carbocycles. The molecule has 0 aliphatic carbocycles. The minimum absolute atomic E-state index is 0.0361. The van der Waals surface area contributed by atoms with Crippen LogP contribution in [0.3, 0.4) is 0 Å². The highest BCUT2D eigenvalue weighted by molar-refractivity contribution is 6.77. The number of esters is 2. The summed E-state index contributed by atoms with van der Waals surface area (Å²) in [5.41, 5.74) is -0.0721. The first-order valence-corrected chi connectivity index (χ1v) is 15.2. The third-order valence-corrected chi connectivity index (χ3v) is 8.46. The zero-order valence-corrected chi connectivity index (χ0v) is 17.4. The maximum Gasteiger partial charge on any atom is 0.330 e. The second-order valence-corrected chi connectivity index (χ2v) is 18.5. The Morgan fingerprint density at radius 2 is 1.05 bits per heavy atom. The fourth-order valence-corrected chi connectivity index (χ4v) is 5.63. The van der Waals surface area contributed by atoms with Crippen LogP contribution in [0.1, 0.15) is 26.7 Å². The molecule has 0 aromatic carbocycles. The highest BCUT2D eigenvalue weighted by Gasteiger charge is 2.29. The summed E-state index contributed by atoms with van der Waals surface area (Å²) in [6.07, 6.45) is 3.96. The van der Waals surface area contributed by atoms with Crippen LogP contribution < -0.4 is 0 Å². The molecule has 2 atom stereocenters. The van der Waals surface area contributed by atoms with Gasteiger partial charge in [0.05, 0.1) is 27.6 Å². The number of hydrogen-bond acceptors (Lipinski definition) is 4. The summed E-state index contributed by atoms with van der Waals surface area (Å²) in [6, 6.07) is 0. The number of hydrogen-bond donors (Lipinski definition) is 0. The molecule has 0 bridgehead atoms. The van der Waals surface area contributed by atoms with Crippen LogP contribution >= 0.6 is 0 Å². The van der Waals surface area contributed by atoms with Gasteiger partial charge in [-0.15, -0.1) is 0 Å². The summed E-state index contributed by atoms with van der Waals surface area (Å²) in [5.74, 6) is -0.931. The van der Waals surface area contributed by atoms with Gasteiger partial charge in [-0.1, -0.05) is 53.1 Å². The lowest BCUT2D eigenvalue weighted by molar-refractivity contribution is -0.142. The lowest BCUT2D eigenvalue weighted by atomic mass is 10.4. The Kier molecular flexibility index (Phi) is 8.32. The van der Waals surface area contributed by atoms with Gasteiger partial charge in [0.2, 0.25) is 0 Å². The molecule has 6 heteroatoms. The Morgan fingerprint density at radius 3 is 1.23 bits per heavy atom. The van der Waals surface area contributed by atoms with Gasteiger partial charge < -0.3 is 9.47 Å². The Morgan fingerprint density at radius 1 is 0.773 bits per heavy atom. The van der Waals surface area contributed by atoms with Crippen molar-refractivity contribution in [3.05, 3.63) is 12.2 Å². The van der Waals surface area contributed by atoms with E-state index < -0.39 is 28.1 Å². The van der Waals surface area contributed by atoms with Gasteiger partial charge in [-0.2, -0.15) is 0 Å². The summed E-state index contributed by atoms with van der Waals surface area (Å²) in [7, 11) is -3.10. The second kappa shape index (κ2) is 8.67. The van der Waals surface area contributed by atoms with Gasteiger partial charge in [-0.25, -0.2) is 9.59 Å². The normalized spacial score (nSPS) is 15.5. The molecule has 0 spiro atoms. The van der Waals surface area contributed by atoms with E-state index in [0.717, 1.165) is 12.8 Å². The summed E-state index contributed by atoms with van der Waals surface area (Å²) >= 11 is 0. The zero-order valence-electron chi connectivity index (χ0n) is 15.4. The lowest BCUT2D eigenvalue weighted by Gasteiger charge is -2.27. The minimum Gasteiger partial charge on any atom is -0.463 e. The van der Waals surface area contributed by atoms with Crippen LogP contribution in [0.25, 0.3) is 0 Å². The highest BCUT2D eigenvalue weighted by Crippen LogP contribution is 2.16. The minimum atomic E-state index is -1.55. The van der Waals surface area contributed by atoms with Crippen LogP contribution in [0, 0.1) is 0 Å². The van der Waals surface area contributed by atoms with Crippen molar-refractivity contribution in [3.63, 3.8) is 0 Å². The van der Waals surface area contributed by atoms with Crippen molar-refractivity contribution in [2.75, 3.05) is 0 Å². The van der Waals surface area contributed by atoms with Crippen molar-refractivity contribution >= 4 is 28.1 Å². The molecule has 0 amide bonds. The predicted molar refractivity (Wildman–Crippen MR) is 96.2 cm³/mol. The average molecular weight is 345 g/mol. The maximum absolute atomic E-state index is 11.8. The molecule has 0 radical (unpaired) electrons. The molecule has 0 aliphatic heterocycles. The number of carbonyl (C=O) groups is 2. The largest absolute Gasteiger partial charge is 0.463 e. The van der Waals surface area contributed by atoms with E-state index in [9.17, 15) is 9.59 Å². The Balaban J connectivity index is 4.59. The molecular weight excluding hydrogens is 312 g/mol. The SMILES string of the molecule is CCC(OC(=O)/C=C/C(=O)OC(CC)[Si](C)(C)C)[Si](C)(C)C. The number of carbonyl (C=O) groups excluding carboxylic acids is 2.